The Morgan fingerprint density at radius 2 is 1.41 bits per heavy atom. The van der Waals surface area contributed by atoms with Gasteiger partial charge in [-0.2, -0.15) is 0 Å². The second kappa shape index (κ2) is 16.0. The Morgan fingerprint density at radius 1 is 0.780 bits per heavy atom. The van der Waals surface area contributed by atoms with Crippen LogP contribution < -0.4 is 0 Å². The molecule has 4 aromatic rings. The number of carbonyl (C=O) groups excluding carboxylic acids is 1. The fraction of sp³-hybridized carbons (Fsp3) is 0.143. The van der Waals surface area contributed by atoms with Crippen LogP contribution in [-0.2, 0) is 11.2 Å². The lowest BCUT2D eigenvalue weighted by Gasteiger charge is -2.19. The molecular weight excluding hydrogens is 549 g/mol. The summed E-state index contributed by atoms with van der Waals surface area (Å²) < 4.78 is 0. The fourth-order valence-corrected chi connectivity index (χ4v) is 6.64. The molecule has 5 N–H and O–H groups in total. The van der Waals surface area contributed by atoms with Gasteiger partial charge in [-0.15, -0.1) is 5.73 Å². The quantitative estimate of drug-likeness (QED) is 0.215. The van der Waals surface area contributed by atoms with Crippen LogP contribution in [0.25, 0.3) is 22.3 Å². The van der Waals surface area contributed by atoms with E-state index in [1.54, 1.807) is 11.8 Å². The van der Waals surface area contributed by atoms with E-state index in [-0.39, 0.29) is 17.6 Å². The van der Waals surface area contributed by atoms with Gasteiger partial charge < -0.3 is 20.9 Å². The number of benzene rings is 4. The van der Waals surface area contributed by atoms with Gasteiger partial charge in [-0.05, 0) is 100 Å². The number of allylic oxidation sites excluding steroid dienone is 1. The number of aliphatic hydroxyl groups excluding tert-OH is 1. The van der Waals surface area contributed by atoms with Crippen LogP contribution in [0.15, 0.2) is 128 Å². The predicted octanol–water partition coefficient (Wildman–Crippen LogP) is 7.64. The number of rotatable bonds is 5. The smallest absolute Gasteiger partial charge is 0.106 e. The molecule has 41 heavy (non-hydrogen) atoms. The second-order valence-corrected chi connectivity index (χ2v) is 11.0. The van der Waals surface area contributed by atoms with E-state index in [1.807, 2.05) is 44.6 Å². The SMILES string of the molecule is C=O.CC.Cc1cc(-c2cccc(-c3ccc4c(c3)Cc3ccccc3S4)c2)ccc1SC1=C(CO)C=C=C1.O.O. The molecule has 1 aliphatic carbocycles. The van der Waals surface area contributed by atoms with Crippen molar-refractivity contribution in [1.82, 2.24) is 0 Å². The molecule has 6 rings (SSSR count). The molecule has 1 heterocycles. The van der Waals surface area contributed by atoms with Crippen LogP contribution in [0.1, 0.15) is 30.5 Å². The first-order chi connectivity index (χ1) is 19.2. The van der Waals surface area contributed by atoms with E-state index in [0.717, 1.165) is 16.9 Å². The lowest BCUT2D eigenvalue weighted by atomic mass is 9.95. The van der Waals surface area contributed by atoms with Gasteiger partial charge in [0, 0.05) is 19.6 Å². The Kier molecular flexibility index (Phi) is 13.1. The van der Waals surface area contributed by atoms with Crippen molar-refractivity contribution in [3.8, 4) is 22.3 Å². The number of aliphatic hydroxyl groups is 1. The fourth-order valence-electron chi connectivity index (χ4n) is 4.61. The Labute approximate surface area is 251 Å². The van der Waals surface area contributed by atoms with E-state index in [1.165, 1.54) is 53.6 Å². The molecule has 0 fully saturated rings. The summed E-state index contributed by atoms with van der Waals surface area (Å²) in [5.74, 6) is 0. The average Bonchev–Trinajstić information content (AvgIpc) is 3.46. The Balaban J connectivity index is 0.000000941. The topological polar surface area (TPSA) is 100 Å². The number of hydrogen-bond acceptors (Lipinski definition) is 4. The summed E-state index contributed by atoms with van der Waals surface area (Å²) in [5, 5.41) is 9.54. The highest BCUT2D eigenvalue weighted by atomic mass is 32.2. The third-order valence-electron chi connectivity index (χ3n) is 6.52. The highest BCUT2D eigenvalue weighted by Gasteiger charge is 2.16. The first-order valence-electron chi connectivity index (χ1n) is 13.0. The number of carbonyl (C=O) groups is 1. The maximum atomic E-state index is 9.54. The van der Waals surface area contributed by atoms with E-state index in [9.17, 15) is 5.11 Å². The summed E-state index contributed by atoms with van der Waals surface area (Å²) >= 11 is 3.57. The molecule has 2 aliphatic rings. The Hall–Kier alpha value is -3.61. The van der Waals surface area contributed by atoms with Gasteiger partial charge in [0.05, 0.1) is 6.61 Å². The van der Waals surface area contributed by atoms with Crippen LogP contribution in [-0.4, -0.2) is 29.5 Å². The van der Waals surface area contributed by atoms with Gasteiger partial charge in [-0.3, -0.25) is 0 Å². The largest absolute Gasteiger partial charge is 0.412 e. The maximum absolute atomic E-state index is 9.54. The van der Waals surface area contributed by atoms with E-state index < -0.39 is 0 Å². The van der Waals surface area contributed by atoms with Crippen LogP contribution in [0.3, 0.4) is 0 Å². The Morgan fingerprint density at radius 3 is 2.12 bits per heavy atom. The number of fused-ring (bicyclic) bond motifs is 2. The van der Waals surface area contributed by atoms with Crippen LogP contribution >= 0.6 is 23.5 Å². The first-order valence-corrected chi connectivity index (χ1v) is 14.6. The van der Waals surface area contributed by atoms with Crippen molar-refractivity contribution in [2.75, 3.05) is 6.61 Å². The molecule has 212 valence electrons. The van der Waals surface area contributed by atoms with Crippen molar-refractivity contribution in [3.63, 3.8) is 0 Å². The number of thioether (sulfide) groups is 1. The lowest BCUT2D eigenvalue weighted by Crippen LogP contribution is -1.99. The monoisotopic (exact) mass is 584 g/mol. The van der Waals surface area contributed by atoms with E-state index in [4.69, 9.17) is 4.79 Å². The molecule has 0 aromatic heterocycles. The van der Waals surface area contributed by atoms with Crippen LogP contribution in [0.4, 0.5) is 0 Å². The van der Waals surface area contributed by atoms with Crippen molar-refractivity contribution >= 4 is 30.3 Å². The lowest BCUT2D eigenvalue weighted by molar-refractivity contribution is -0.0980. The predicted molar refractivity (Wildman–Crippen MR) is 174 cm³/mol. The molecule has 0 saturated heterocycles. The molecule has 0 saturated carbocycles. The summed E-state index contributed by atoms with van der Waals surface area (Å²) in [6, 6.07) is 31.1. The van der Waals surface area contributed by atoms with Gasteiger partial charge in [-0.1, -0.05) is 92.0 Å². The molecule has 0 bridgehead atoms. The molecule has 6 heteroatoms. The van der Waals surface area contributed by atoms with Gasteiger partial charge >= 0.3 is 0 Å². The third-order valence-corrected chi connectivity index (χ3v) is 9.03. The number of aryl methyl sites for hydroxylation is 1. The van der Waals surface area contributed by atoms with Gasteiger partial charge in [0.15, 0.2) is 0 Å². The number of hydrogen-bond donors (Lipinski definition) is 1. The maximum Gasteiger partial charge on any atom is 0.106 e. The highest BCUT2D eigenvalue weighted by Crippen LogP contribution is 2.41. The minimum Gasteiger partial charge on any atom is -0.412 e. The summed E-state index contributed by atoms with van der Waals surface area (Å²) in [6.07, 6.45) is 4.79. The molecule has 4 aromatic carbocycles. The highest BCUT2D eigenvalue weighted by molar-refractivity contribution is 8.03. The second-order valence-electron chi connectivity index (χ2n) is 8.88. The van der Waals surface area contributed by atoms with Crippen LogP contribution in [0.2, 0.25) is 0 Å². The minimum absolute atomic E-state index is 0. The molecule has 0 unspecified atom stereocenters. The minimum atomic E-state index is 0. The van der Waals surface area contributed by atoms with Crippen LogP contribution in [0, 0.1) is 6.92 Å². The standard InChI is InChI=1S/C32H24OS2.C2H6.CH2O.2H2O/c1-21-16-24(12-14-29(21)34-31-11-5-9-27(31)20-33)22-7-4-8-23(17-22)25-13-15-32-28(18-25)19-26-6-2-3-10-30(26)35-32;2*1-2;;/h2-4,6-18,33H,19-20H2,1H3;1-2H3;1H2;2*1H2. The molecular formula is C35H36O4S2. The van der Waals surface area contributed by atoms with Crippen molar-refractivity contribution in [2.24, 2.45) is 0 Å². The van der Waals surface area contributed by atoms with Gasteiger partial charge in [0.1, 0.15) is 6.79 Å². The van der Waals surface area contributed by atoms with Crippen LogP contribution in [0.5, 0.6) is 0 Å². The van der Waals surface area contributed by atoms with E-state index in [2.05, 4.69) is 97.6 Å². The normalized spacial score (nSPS) is 12.0. The molecule has 0 amide bonds. The van der Waals surface area contributed by atoms with Gasteiger partial charge in [-0.25, -0.2) is 0 Å². The third kappa shape index (κ3) is 7.57. The van der Waals surface area contributed by atoms with Crippen molar-refractivity contribution in [1.29, 1.82) is 0 Å². The van der Waals surface area contributed by atoms with Gasteiger partial charge in [0.25, 0.3) is 0 Å². The Bertz CT molecular complexity index is 1580. The molecule has 4 nitrogen and oxygen atoms in total. The molecule has 1 aliphatic heterocycles. The summed E-state index contributed by atoms with van der Waals surface area (Å²) in [6.45, 7) is 8.20. The van der Waals surface area contributed by atoms with Crippen molar-refractivity contribution < 1.29 is 20.9 Å². The van der Waals surface area contributed by atoms with E-state index in [0.29, 0.717) is 0 Å². The van der Waals surface area contributed by atoms with Crippen molar-refractivity contribution in [2.45, 2.75) is 41.9 Å². The summed E-state index contributed by atoms with van der Waals surface area (Å²) in [7, 11) is 0. The zero-order valence-corrected chi connectivity index (χ0v) is 25.2. The van der Waals surface area contributed by atoms with Crippen molar-refractivity contribution in [3.05, 3.63) is 130 Å². The molecule has 0 atom stereocenters. The first kappa shape index (κ1) is 33.6. The van der Waals surface area contributed by atoms with Gasteiger partial charge in [0.2, 0.25) is 0 Å². The molecule has 0 radical (unpaired) electrons. The zero-order chi connectivity index (χ0) is 27.8. The average molecular weight is 585 g/mol. The zero-order valence-electron chi connectivity index (χ0n) is 23.5. The summed E-state index contributed by atoms with van der Waals surface area (Å²) in [4.78, 5) is 13.0. The van der Waals surface area contributed by atoms with E-state index >= 15 is 0 Å². The summed E-state index contributed by atoms with van der Waals surface area (Å²) in [5.41, 5.74) is 13.0. The molecule has 0 spiro atoms.